The summed E-state index contributed by atoms with van der Waals surface area (Å²) in [7, 11) is 0. The number of pyridine rings is 1. The number of aromatic nitrogens is 1. The van der Waals surface area contributed by atoms with E-state index >= 15 is 0 Å². The van der Waals surface area contributed by atoms with Gasteiger partial charge in [-0.25, -0.2) is 9.37 Å². The molecule has 1 fully saturated rings. The number of halogens is 2. The van der Waals surface area contributed by atoms with Gasteiger partial charge in [-0.05, 0) is 60.5 Å². The number of carbonyl (C=O) groups is 1. The van der Waals surface area contributed by atoms with Crippen LogP contribution >= 0.6 is 11.6 Å². The highest BCUT2D eigenvalue weighted by Gasteiger charge is 2.19. The van der Waals surface area contributed by atoms with Crippen molar-refractivity contribution >= 4 is 35.1 Å². The van der Waals surface area contributed by atoms with Gasteiger partial charge in [0, 0.05) is 44.1 Å². The lowest BCUT2D eigenvalue weighted by atomic mass is 10.1. The molecule has 0 spiro atoms. The zero-order valence-corrected chi connectivity index (χ0v) is 19.2. The van der Waals surface area contributed by atoms with Gasteiger partial charge in [-0.1, -0.05) is 35.9 Å². The largest absolute Gasteiger partial charge is 0.368 e. The fraction of sp³-hybridized carbons (Fsp3) is 0.231. The quantitative estimate of drug-likeness (QED) is 0.516. The van der Waals surface area contributed by atoms with E-state index in [9.17, 15) is 9.18 Å². The van der Waals surface area contributed by atoms with Gasteiger partial charge in [0.25, 0.3) is 0 Å². The molecule has 5 nitrogen and oxygen atoms in total. The van der Waals surface area contributed by atoms with Crippen molar-refractivity contribution in [3.8, 4) is 0 Å². The first-order valence-electron chi connectivity index (χ1n) is 10.9. The molecule has 0 aliphatic carbocycles. The lowest BCUT2D eigenvalue weighted by molar-refractivity contribution is -0.117. The van der Waals surface area contributed by atoms with Gasteiger partial charge in [0.1, 0.15) is 11.6 Å². The zero-order valence-electron chi connectivity index (χ0n) is 18.4. The van der Waals surface area contributed by atoms with Gasteiger partial charge in [0.2, 0.25) is 5.91 Å². The molecule has 1 amide bonds. The predicted molar refractivity (Wildman–Crippen MR) is 132 cm³/mol. The van der Waals surface area contributed by atoms with Crippen molar-refractivity contribution in [3.63, 3.8) is 0 Å². The fourth-order valence-corrected chi connectivity index (χ4v) is 4.10. The molecule has 2 aromatic carbocycles. The van der Waals surface area contributed by atoms with Crippen LogP contribution < -0.4 is 15.1 Å². The Bertz CT molecular complexity index is 1130. The third-order valence-corrected chi connectivity index (χ3v) is 6.05. The lowest BCUT2D eigenvalue weighted by Gasteiger charge is -2.37. The SMILES string of the molecule is C[C@H](NC(=O)C=Cc1ccc(F)cc1Cl)c1cccc(N2CCN(c3ccccn3)CC2)c1. The Morgan fingerprint density at radius 3 is 2.58 bits per heavy atom. The van der Waals surface area contributed by atoms with Crippen molar-refractivity contribution in [1.82, 2.24) is 10.3 Å². The zero-order chi connectivity index (χ0) is 23.2. The van der Waals surface area contributed by atoms with E-state index in [1.54, 1.807) is 12.1 Å². The summed E-state index contributed by atoms with van der Waals surface area (Å²) >= 11 is 6.02. The van der Waals surface area contributed by atoms with Crippen molar-refractivity contribution in [2.75, 3.05) is 36.0 Å². The van der Waals surface area contributed by atoms with E-state index in [4.69, 9.17) is 11.6 Å². The van der Waals surface area contributed by atoms with Gasteiger partial charge >= 0.3 is 0 Å². The molecule has 7 heteroatoms. The summed E-state index contributed by atoms with van der Waals surface area (Å²) in [5.74, 6) is 0.364. The van der Waals surface area contributed by atoms with Crippen molar-refractivity contribution in [3.05, 3.63) is 94.9 Å². The molecule has 1 aromatic heterocycles. The Kier molecular flexibility index (Phi) is 7.25. The average molecular weight is 465 g/mol. The molecule has 1 N–H and O–H groups in total. The maximum Gasteiger partial charge on any atom is 0.244 e. The topological polar surface area (TPSA) is 48.5 Å². The molecule has 1 aliphatic heterocycles. The third kappa shape index (κ3) is 5.90. The summed E-state index contributed by atoms with van der Waals surface area (Å²) in [6, 6.07) is 18.2. The van der Waals surface area contributed by atoms with Gasteiger partial charge in [-0.2, -0.15) is 0 Å². The first-order valence-corrected chi connectivity index (χ1v) is 11.3. The minimum absolute atomic E-state index is 0.166. The van der Waals surface area contributed by atoms with Crippen LogP contribution in [0.5, 0.6) is 0 Å². The minimum atomic E-state index is -0.409. The highest BCUT2D eigenvalue weighted by Crippen LogP contribution is 2.23. The Morgan fingerprint density at radius 2 is 1.85 bits per heavy atom. The molecule has 1 atom stereocenters. The summed E-state index contributed by atoms with van der Waals surface area (Å²) < 4.78 is 13.2. The molecule has 0 radical (unpaired) electrons. The normalized spacial score (nSPS) is 15.0. The van der Waals surface area contributed by atoms with Crippen molar-refractivity contribution in [2.24, 2.45) is 0 Å². The average Bonchev–Trinajstić information content (AvgIpc) is 2.84. The Balaban J connectivity index is 1.35. The number of amides is 1. The van der Waals surface area contributed by atoms with Crippen LogP contribution in [0.25, 0.3) is 6.08 Å². The van der Waals surface area contributed by atoms with Crippen LogP contribution in [-0.2, 0) is 4.79 Å². The molecular formula is C26H26ClFN4O. The smallest absolute Gasteiger partial charge is 0.244 e. The van der Waals surface area contributed by atoms with E-state index in [0.717, 1.165) is 43.2 Å². The molecule has 1 aliphatic rings. The van der Waals surface area contributed by atoms with Gasteiger partial charge in [-0.15, -0.1) is 0 Å². The Morgan fingerprint density at radius 1 is 1.06 bits per heavy atom. The van der Waals surface area contributed by atoms with Gasteiger partial charge in [0.15, 0.2) is 0 Å². The second-order valence-corrected chi connectivity index (χ2v) is 8.39. The molecule has 4 rings (SSSR count). The second-order valence-electron chi connectivity index (χ2n) is 7.99. The van der Waals surface area contributed by atoms with Crippen molar-refractivity contribution in [1.29, 1.82) is 0 Å². The summed E-state index contributed by atoms with van der Waals surface area (Å²) in [6.45, 7) is 5.58. The second kappa shape index (κ2) is 10.5. The van der Waals surface area contributed by atoms with E-state index < -0.39 is 5.82 Å². The van der Waals surface area contributed by atoms with E-state index in [-0.39, 0.29) is 17.0 Å². The van der Waals surface area contributed by atoms with E-state index in [1.807, 2.05) is 43.5 Å². The van der Waals surface area contributed by atoms with E-state index in [0.29, 0.717) is 5.56 Å². The lowest BCUT2D eigenvalue weighted by Crippen LogP contribution is -2.46. The van der Waals surface area contributed by atoms with Gasteiger partial charge < -0.3 is 15.1 Å². The Labute approximate surface area is 198 Å². The maximum atomic E-state index is 13.2. The number of anilines is 2. The standard InChI is InChI=1S/C26H26ClFN4O/c1-19(30-26(33)11-9-20-8-10-22(28)18-24(20)27)21-5-4-6-23(17-21)31-13-15-32(16-14-31)25-7-2-3-12-29-25/h2-12,17-19H,13-16H2,1H3,(H,30,33)/t19-/m0/s1. The highest BCUT2D eigenvalue weighted by molar-refractivity contribution is 6.32. The molecule has 3 aromatic rings. The number of carbonyl (C=O) groups excluding carboxylic acids is 1. The van der Waals surface area contributed by atoms with Crippen LogP contribution in [0.1, 0.15) is 24.1 Å². The number of piperazine rings is 1. The number of nitrogens with zero attached hydrogens (tertiary/aromatic N) is 3. The number of nitrogens with one attached hydrogen (secondary N) is 1. The summed E-state index contributed by atoms with van der Waals surface area (Å²) in [6.07, 6.45) is 4.82. The first-order chi connectivity index (χ1) is 16.0. The van der Waals surface area contributed by atoms with E-state index in [2.05, 4.69) is 32.2 Å². The van der Waals surface area contributed by atoms with Crippen LogP contribution in [0, 0.1) is 5.82 Å². The number of hydrogen-bond donors (Lipinski definition) is 1. The van der Waals surface area contributed by atoms with Crippen molar-refractivity contribution < 1.29 is 9.18 Å². The first kappa shape index (κ1) is 22.8. The molecule has 2 heterocycles. The molecule has 33 heavy (non-hydrogen) atoms. The van der Waals surface area contributed by atoms with Gasteiger partial charge in [0.05, 0.1) is 11.1 Å². The molecule has 0 unspecified atom stereocenters. The minimum Gasteiger partial charge on any atom is -0.368 e. The molecule has 170 valence electrons. The molecule has 0 bridgehead atoms. The van der Waals surface area contributed by atoms with Crippen LogP contribution in [0.3, 0.4) is 0 Å². The fourth-order valence-electron chi connectivity index (χ4n) is 3.87. The van der Waals surface area contributed by atoms with Crippen LogP contribution in [0.15, 0.2) is 72.9 Å². The Hall–Kier alpha value is -3.38. The summed E-state index contributed by atoms with van der Waals surface area (Å²) in [5, 5.41) is 3.24. The third-order valence-electron chi connectivity index (χ3n) is 5.72. The van der Waals surface area contributed by atoms with Crippen LogP contribution in [-0.4, -0.2) is 37.1 Å². The summed E-state index contributed by atoms with van der Waals surface area (Å²) in [5.41, 5.74) is 2.76. The number of rotatable bonds is 6. The van der Waals surface area contributed by atoms with Gasteiger partial charge in [-0.3, -0.25) is 4.79 Å². The number of benzene rings is 2. The molecule has 0 saturated carbocycles. The molecule has 1 saturated heterocycles. The monoisotopic (exact) mass is 464 g/mol. The highest BCUT2D eigenvalue weighted by atomic mass is 35.5. The van der Waals surface area contributed by atoms with E-state index in [1.165, 1.54) is 18.2 Å². The predicted octanol–water partition coefficient (Wildman–Crippen LogP) is 5.09. The van der Waals surface area contributed by atoms with Crippen molar-refractivity contribution in [2.45, 2.75) is 13.0 Å². The van der Waals surface area contributed by atoms with Crippen LogP contribution in [0.2, 0.25) is 5.02 Å². The summed E-state index contributed by atoms with van der Waals surface area (Å²) in [4.78, 5) is 21.5. The maximum absolute atomic E-state index is 13.2. The molecular weight excluding hydrogens is 439 g/mol. The van der Waals surface area contributed by atoms with Crippen LogP contribution in [0.4, 0.5) is 15.9 Å². The number of hydrogen-bond acceptors (Lipinski definition) is 4.